The topological polar surface area (TPSA) is 138 Å². The zero-order valence-electron chi connectivity index (χ0n) is 20.5. The number of Topliss-reactive ketones (excluding diaryl/α,β-unsaturated/α-hetero) is 1. The second kappa shape index (κ2) is 11.9. The first-order chi connectivity index (χ1) is 18.9. The lowest BCUT2D eigenvalue weighted by atomic mass is 9.79. The molecule has 1 aromatic carbocycles. The zero-order chi connectivity index (χ0) is 27.4. The third-order valence-electron chi connectivity index (χ3n) is 6.15. The van der Waals surface area contributed by atoms with Gasteiger partial charge in [-0.1, -0.05) is 65.6 Å². The number of thioether (sulfide) groups is 1. The van der Waals surface area contributed by atoms with Gasteiger partial charge >= 0.3 is 0 Å². The summed E-state index contributed by atoms with van der Waals surface area (Å²) in [6.07, 6.45) is 7.11. The molecule has 2 aliphatic rings. The Hall–Kier alpha value is -3.79. The van der Waals surface area contributed by atoms with E-state index in [1.165, 1.54) is 23.1 Å². The van der Waals surface area contributed by atoms with E-state index in [1.807, 2.05) is 42.5 Å². The number of halogens is 1. The number of ketones is 1. The maximum atomic E-state index is 13.2. The monoisotopic (exact) mass is 619 g/mol. The number of anilines is 2. The van der Waals surface area contributed by atoms with Gasteiger partial charge in [0.2, 0.25) is 11.0 Å². The molecule has 1 aliphatic heterocycles. The predicted molar refractivity (Wildman–Crippen MR) is 155 cm³/mol. The van der Waals surface area contributed by atoms with Crippen LogP contribution in [0, 0.1) is 17.2 Å². The number of carbonyl (C=O) groups excluding carboxylic acids is 2. The van der Waals surface area contributed by atoms with Gasteiger partial charge in [-0.25, -0.2) is 4.98 Å². The fraction of sp³-hybridized carbons (Fsp3) is 0.185. The van der Waals surface area contributed by atoms with Crippen LogP contribution in [0.4, 0.5) is 10.9 Å². The standard InChI is InChI=1S/C27H22BrN7O2S2/c28-17-10-12-22(31-14-17)32-23(37)15-38-27-34-33-26(39-27)35-20-7-4-8-21(36)24(20)18(19(13-29)25(35)30)11-9-16-5-2-1-3-6-16/h1-3,5-6,9-12,14,18H,4,7-8,15,30H2,(H,31,32,37)/b11-9+. The van der Waals surface area contributed by atoms with Crippen molar-refractivity contribution < 1.29 is 9.59 Å². The Morgan fingerprint density at radius 1 is 1.26 bits per heavy atom. The smallest absolute Gasteiger partial charge is 0.235 e. The second-order valence-electron chi connectivity index (χ2n) is 8.68. The molecule has 9 nitrogen and oxygen atoms in total. The summed E-state index contributed by atoms with van der Waals surface area (Å²) in [5.74, 6) is 0.0368. The number of nitrogens with two attached hydrogens (primary N) is 1. The minimum atomic E-state index is -0.535. The molecular weight excluding hydrogens is 598 g/mol. The van der Waals surface area contributed by atoms with Crippen molar-refractivity contribution in [1.29, 1.82) is 5.26 Å². The fourth-order valence-corrected chi connectivity index (χ4v) is 6.33. The number of pyridine rings is 1. The van der Waals surface area contributed by atoms with Crippen LogP contribution in [-0.2, 0) is 9.59 Å². The van der Waals surface area contributed by atoms with E-state index in [2.05, 4.69) is 42.5 Å². The maximum Gasteiger partial charge on any atom is 0.235 e. The van der Waals surface area contributed by atoms with Crippen molar-refractivity contribution in [2.75, 3.05) is 16.0 Å². The number of nitriles is 1. The molecule has 5 rings (SSSR count). The SMILES string of the molecule is N#CC1=C(N)N(c2nnc(SCC(=O)Nc3ccc(Br)cn3)s2)C2=C(C(=O)CCC2)C1/C=C/c1ccccc1. The molecule has 0 spiro atoms. The summed E-state index contributed by atoms with van der Waals surface area (Å²) in [5, 5.41) is 21.8. The van der Waals surface area contributed by atoms with Gasteiger partial charge in [0.25, 0.3) is 0 Å². The molecule has 196 valence electrons. The summed E-state index contributed by atoms with van der Waals surface area (Å²) in [6, 6.07) is 15.4. The lowest BCUT2D eigenvalue weighted by Crippen LogP contribution is -2.39. The van der Waals surface area contributed by atoms with E-state index >= 15 is 0 Å². The summed E-state index contributed by atoms with van der Waals surface area (Å²) in [6.45, 7) is 0. The summed E-state index contributed by atoms with van der Waals surface area (Å²) in [5.41, 5.74) is 9.15. The number of nitrogens with zero attached hydrogens (tertiary/aromatic N) is 5. The highest BCUT2D eigenvalue weighted by Crippen LogP contribution is 2.44. The zero-order valence-corrected chi connectivity index (χ0v) is 23.7. The van der Waals surface area contributed by atoms with Crippen LogP contribution in [0.5, 0.6) is 0 Å². The highest BCUT2D eigenvalue weighted by Gasteiger charge is 2.39. The molecule has 1 unspecified atom stereocenters. The van der Waals surface area contributed by atoms with Crippen molar-refractivity contribution in [3.05, 3.63) is 87.4 Å². The van der Waals surface area contributed by atoms with Crippen molar-refractivity contribution in [2.45, 2.75) is 23.6 Å². The molecule has 2 aromatic heterocycles. The van der Waals surface area contributed by atoms with Gasteiger partial charge < -0.3 is 11.1 Å². The molecule has 1 amide bonds. The summed E-state index contributed by atoms with van der Waals surface area (Å²) in [4.78, 5) is 31.4. The van der Waals surface area contributed by atoms with E-state index in [0.29, 0.717) is 45.7 Å². The van der Waals surface area contributed by atoms with Crippen molar-refractivity contribution in [2.24, 2.45) is 11.7 Å². The number of allylic oxidation sites excluding steroid dienone is 4. The minimum Gasteiger partial charge on any atom is -0.384 e. The highest BCUT2D eigenvalue weighted by molar-refractivity contribution is 9.10. The number of carbonyl (C=O) groups is 2. The molecule has 0 bridgehead atoms. The van der Waals surface area contributed by atoms with Crippen LogP contribution >= 0.6 is 39.0 Å². The first kappa shape index (κ1) is 26.8. The number of hydrogen-bond donors (Lipinski definition) is 2. The molecular formula is C27H22BrN7O2S2. The summed E-state index contributed by atoms with van der Waals surface area (Å²) in [7, 11) is 0. The predicted octanol–water partition coefficient (Wildman–Crippen LogP) is 5.28. The third-order valence-corrected chi connectivity index (χ3v) is 8.66. The molecule has 0 radical (unpaired) electrons. The van der Waals surface area contributed by atoms with E-state index < -0.39 is 5.92 Å². The Bertz CT molecular complexity index is 1540. The normalized spacial score (nSPS) is 17.4. The molecule has 3 heterocycles. The molecule has 3 N–H and O–H groups in total. The Morgan fingerprint density at radius 3 is 2.82 bits per heavy atom. The average Bonchev–Trinajstić information content (AvgIpc) is 3.41. The molecule has 0 saturated carbocycles. The van der Waals surface area contributed by atoms with Gasteiger partial charge in [0.05, 0.1) is 17.4 Å². The van der Waals surface area contributed by atoms with Crippen molar-refractivity contribution in [3.8, 4) is 6.07 Å². The highest BCUT2D eigenvalue weighted by atomic mass is 79.9. The van der Waals surface area contributed by atoms with Crippen LogP contribution in [0.3, 0.4) is 0 Å². The van der Waals surface area contributed by atoms with Gasteiger partial charge in [0, 0.05) is 34.3 Å². The fourth-order valence-electron chi connectivity index (χ4n) is 4.42. The Kier molecular flexibility index (Phi) is 8.21. The van der Waals surface area contributed by atoms with Crippen molar-refractivity contribution in [3.63, 3.8) is 0 Å². The van der Waals surface area contributed by atoms with Gasteiger partial charge in [-0.3, -0.25) is 14.5 Å². The quantitative estimate of drug-likeness (QED) is 0.338. The maximum absolute atomic E-state index is 13.2. The number of benzene rings is 1. The summed E-state index contributed by atoms with van der Waals surface area (Å²) < 4.78 is 1.38. The van der Waals surface area contributed by atoms with Gasteiger partial charge in [-0.05, 0) is 46.5 Å². The van der Waals surface area contributed by atoms with Crippen LogP contribution in [0.25, 0.3) is 6.08 Å². The number of rotatable bonds is 7. The van der Waals surface area contributed by atoms with Gasteiger partial charge in [-0.2, -0.15) is 5.26 Å². The van der Waals surface area contributed by atoms with E-state index in [4.69, 9.17) is 5.73 Å². The molecule has 12 heteroatoms. The Morgan fingerprint density at radius 2 is 2.08 bits per heavy atom. The molecule has 3 aromatic rings. The molecule has 1 aliphatic carbocycles. The number of aromatic nitrogens is 3. The third kappa shape index (κ3) is 5.95. The first-order valence-corrected chi connectivity index (χ1v) is 14.6. The van der Waals surface area contributed by atoms with E-state index in [1.54, 1.807) is 23.2 Å². The van der Waals surface area contributed by atoms with Crippen molar-refractivity contribution in [1.82, 2.24) is 15.2 Å². The van der Waals surface area contributed by atoms with Crippen LogP contribution in [0.1, 0.15) is 24.8 Å². The van der Waals surface area contributed by atoms with E-state index in [9.17, 15) is 14.9 Å². The lowest BCUT2D eigenvalue weighted by Gasteiger charge is -2.37. The second-order valence-corrected chi connectivity index (χ2v) is 11.8. The van der Waals surface area contributed by atoms with E-state index in [-0.39, 0.29) is 23.3 Å². The number of hydrogen-bond acceptors (Lipinski definition) is 10. The molecule has 39 heavy (non-hydrogen) atoms. The number of nitrogens with one attached hydrogen (secondary N) is 1. The summed E-state index contributed by atoms with van der Waals surface area (Å²) >= 11 is 5.80. The van der Waals surface area contributed by atoms with Crippen molar-refractivity contribution >= 4 is 67.7 Å². The van der Waals surface area contributed by atoms with Crippen LogP contribution in [0.2, 0.25) is 0 Å². The Labute approximate surface area is 241 Å². The average molecular weight is 621 g/mol. The molecule has 1 atom stereocenters. The molecule has 0 fully saturated rings. The lowest BCUT2D eigenvalue weighted by molar-refractivity contribution is -0.116. The van der Waals surface area contributed by atoms with Crippen LogP contribution in [0.15, 0.2) is 86.2 Å². The Balaban J connectivity index is 1.38. The van der Waals surface area contributed by atoms with E-state index in [0.717, 1.165) is 15.7 Å². The minimum absolute atomic E-state index is 0.00143. The van der Waals surface area contributed by atoms with Gasteiger partial charge in [0.15, 0.2) is 10.1 Å². The van der Waals surface area contributed by atoms with Crippen LogP contribution < -0.4 is 16.0 Å². The van der Waals surface area contributed by atoms with Crippen LogP contribution in [-0.4, -0.2) is 32.6 Å². The molecule has 0 saturated heterocycles. The van der Waals surface area contributed by atoms with Gasteiger partial charge in [0.1, 0.15) is 11.6 Å². The first-order valence-electron chi connectivity index (χ1n) is 12.0. The largest absolute Gasteiger partial charge is 0.384 e. The number of amides is 1. The van der Waals surface area contributed by atoms with Gasteiger partial charge in [-0.15, -0.1) is 10.2 Å².